The van der Waals surface area contributed by atoms with Crippen molar-refractivity contribution in [3.05, 3.63) is 12.2 Å². The average Bonchev–Trinajstić information content (AvgIpc) is 2.41. The van der Waals surface area contributed by atoms with Crippen molar-refractivity contribution in [3.8, 4) is 0 Å². The van der Waals surface area contributed by atoms with Crippen LogP contribution >= 0.6 is 7.82 Å². The van der Waals surface area contributed by atoms with Gasteiger partial charge in [-0.2, -0.15) is 0 Å². The molecule has 0 fully saturated rings. The summed E-state index contributed by atoms with van der Waals surface area (Å²) in [5.74, 6) is -0.410. The number of unbranched alkanes of at least 4 members (excludes halogenated alkanes) is 2. The molecule has 0 aliphatic carbocycles. The van der Waals surface area contributed by atoms with Crippen LogP contribution in [-0.2, 0) is 23.1 Å². The van der Waals surface area contributed by atoms with Gasteiger partial charge in [0.25, 0.3) is 7.82 Å². The number of ether oxygens (including phenoxy) is 1. The third-order valence-corrected chi connectivity index (χ3v) is 3.84. The second-order valence-corrected chi connectivity index (χ2v) is 7.87. The Kier molecular flexibility index (Phi) is 10.6. The predicted octanol–water partition coefficient (Wildman–Crippen LogP) is 1.87. The lowest BCUT2D eigenvalue weighted by molar-refractivity contribution is -0.870. The maximum Gasteiger partial charge on any atom is 0.333 e. The van der Waals surface area contributed by atoms with E-state index in [0.717, 1.165) is 11.0 Å². The van der Waals surface area contributed by atoms with E-state index in [0.29, 0.717) is 37.9 Å². The fraction of sp³-hybridized carbons (Fsp3) is 0.800. The Bertz CT molecular complexity index is 419. The van der Waals surface area contributed by atoms with Crippen molar-refractivity contribution in [1.82, 2.24) is 0 Å². The lowest BCUT2D eigenvalue weighted by atomic mass is 10.2. The maximum absolute atomic E-state index is 11.5. The van der Waals surface area contributed by atoms with E-state index in [1.807, 2.05) is 21.1 Å². The number of hydrogen-bond donors (Lipinski definition) is 0. The molecule has 7 nitrogen and oxygen atoms in total. The van der Waals surface area contributed by atoms with Crippen molar-refractivity contribution >= 4 is 13.8 Å². The molecule has 0 saturated heterocycles. The smallest absolute Gasteiger partial charge is 0.333 e. The molecule has 0 aliphatic rings. The first-order valence-corrected chi connectivity index (χ1v) is 9.23. The summed E-state index contributed by atoms with van der Waals surface area (Å²) < 4.78 is 26.8. The summed E-state index contributed by atoms with van der Waals surface area (Å²) in [7, 11) is 1.87. The summed E-state index contributed by atoms with van der Waals surface area (Å²) in [6.07, 6.45) is 2.55. The first-order chi connectivity index (χ1) is 10.5. The summed E-state index contributed by atoms with van der Waals surface area (Å²) >= 11 is 0. The van der Waals surface area contributed by atoms with Crippen LogP contribution in [0.1, 0.15) is 32.6 Å². The zero-order valence-electron chi connectivity index (χ0n) is 14.7. The van der Waals surface area contributed by atoms with Crippen LogP contribution in [0.3, 0.4) is 0 Å². The third-order valence-electron chi connectivity index (χ3n) is 2.84. The Morgan fingerprint density at radius 1 is 1.04 bits per heavy atom. The highest BCUT2D eigenvalue weighted by molar-refractivity contribution is 7.45. The topological polar surface area (TPSA) is 84.9 Å². The lowest BCUT2D eigenvalue weighted by Crippen LogP contribution is -2.35. The molecule has 0 radical (unpaired) electrons. The number of phosphoric acid groups is 1. The molecule has 0 heterocycles. The Morgan fingerprint density at radius 3 is 2.09 bits per heavy atom. The zero-order valence-corrected chi connectivity index (χ0v) is 15.6. The molecule has 0 aromatic heterocycles. The molecule has 0 aromatic rings. The van der Waals surface area contributed by atoms with E-state index in [1.54, 1.807) is 6.92 Å². The van der Waals surface area contributed by atoms with Gasteiger partial charge in [0.15, 0.2) is 0 Å². The maximum atomic E-state index is 11.5. The second-order valence-electron chi connectivity index (χ2n) is 6.46. The quantitative estimate of drug-likeness (QED) is 0.166. The predicted molar refractivity (Wildman–Crippen MR) is 86.7 cm³/mol. The van der Waals surface area contributed by atoms with Crippen LogP contribution in [0.25, 0.3) is 0 Å². The number of quaternary nitrogens is 1. The van der Waals surface area contributed by atoms with Crippen LogP contribution in [0, 0.1) is 0 Å². The first kappa shape index (κ1) is 22.3. The van der Waals surface area contributed by atoms with Crippen molar-refractivity contribution < 1.29 is 32.5 Å². The molecule has 23 heavy (non-hydrogen) atoms. The summed E-state index contributed by atoms with van der Waals surface area (Å²) in [5.41, 5.74) is 0.364. The minimum absolute atomic E-state index is 0.0740. The van der Waals surface area contributed by atoms with Crippen LogP contribution in [-0.4, -0.2) is 58.0 Å². The Balaban J connectivity index is 3.61. The Morgan fingerprint density at radius 2 is 1.57 bits per heavy atom. The number of rotatable bonds is 13. The van der Waals surface area contributed by atoms with Gasteiger partial charge in [-0.15, -0.1) is 0 Å². The molecule has 1 atom stereocenters. The second kappa shape index (κ2) is 10.9. The van der Waals surface area contributed by atoms with Gasteiger partial charge in [-0.3, -0.25) is 4.57 Å². The van der Waals surface area contributed by atoms with Crippen LogP contribution in [0.5, 0.6) is 0 Å². The number of hydrogen-bond acceptors (Lipinski definition) is 6. The van der Waals surface area contributed by atoms with Gasteiger partial charge in [0, 0.05) is 12.0 Å². The van der Waals surface area contributed by atoms with Crippen LogP contribution in [0.15, 0.2) is 12.2 Å². The molecule has 1 unspecified atom stereocenters. The van der Waals surface area contributed by atoms with E-state index in [4.69, 9.17) is 13.8 Å². The van der Waals surface area contributed by atoms with E-state index in [1.165, 1.54) is 0 Å². The molecule has 0 rings (SSSR count). The van der Waals surface area contributed by atoms with E-state index < -0.39 is 13.8 Å². The highest BCUT2D eigenvalue weighted by Gasteiger charge is 2.11. The minimum Gasteiger partial charge on any atom is -0.756 e. The highest BCUT2D eigenvalue weighted by Crippen LogP contribution is 2.38. The number of carbonyl (C=O) groups is 1. The van der Waals surface area contributed by atoms with Gasteiger partial charge in [-0.1, -0.05) is 6.58 Å². The number of carbonyl (C=O) groups excluding carboxylic acids is 1. The molecule has 8 heteroatoms. The van der Waals surface area contributed by atoms with Gasteiger partial charge < -0.3 is 23.2 Å². The summed E-state index contributed by atoms with van der Waals surface area (Å²) in [6.45, 7) is 6.39. The van der Waals surface area contributed by atoms with Crippen molar-refractivity contribution in [1.29, 1.82) is 0 Å². The number of esters is 1. The average molecular weight is 351 g/mol. The largest absolute Gasteiger partial charge is 0.756 e. The van der Waals surface area contributed by atoms with Gasteiger partial charge in [0.05, 0.1) is 47.5 Å². The Labute approximate surface area is 139 Å². The van der Waals surface area contributed by atoms with E-state index in [2.05, 4.69) is 6.58 Å². The monoisotopic (exact) mass is 351 g/mol. The SMILES string of the molecule is C=C(C)C(=O)OCCCCCOP(=O)([O-])OCCC[N+](C)(C)C. The molecule has 0 spiro atoms. The molecule has 0 aromatic carbocycles. The van der Waals surface area contributed by atoms with Gasteiger partial charge in [0.1, 0.15) is 0 Å². The van der Waals surface area contributed by atoms with Gasteiger partial charge >= 0.3 is 5.97 Å². The van der Waals surface area contributed by atoms with E-state index in [9.17, 15) is 14.3 Å². The van der Waals surface area contributed by atoms with Crippen molar-refractivity contribution in [2.24, 2.45) is 0 Å². The summed E-state index contributed by atoms with van der Waals surface area (Å²) in [6, 6.07) is 0. The standard InChI is InChI=1S/C15H30NO6P/c1-14(2)15(17)20-11-7-6-8-12-21-23(18,19)22-13-9-10-16(3,4)5/h1,6-13H2,2-5H3. The van der Waals surface area contributed by atoms with Crippen molar-refractivity contribution in [2.75, 3.05) is 47.5 Å². The van der Waals surface area contributed by atoms with Gasteiger partial charge in [-0.05, 0) is 26.2 Å². The lowest BCUT2D eigenvalue weighted by Gasteiger charge is -2.26. The van der Waals surface area contributed by atoms with Crippen LogP contribution in [0.4, 0.5) is 0 Å². The molecular weight excluding hydrogens is 321 g/mol. The van der Waals surface area contributed by atoms with Crippen molar-refractivity contribution in [3.63, 3.8) is 0 Å². The minimum atomic E-state index is -4.21. The molecule has 136 valence electrons. The molecule has 0 aliphatic heterocycles. The fourth-order valence-electron chi connectivity index (χ4n) is 1.60. The van der Waals surface area contributed by atoms with Crippen LogP contribution in [0.2, 0.25) is 0 Å². The molecule has 0 saturated carbocycles. The molecule has 0 N–H and O–H groups in total. The fourth-order valence-corrected chi connectivity index (χ4v) is 2.38. The van der Waals surface area contributed by atoms with E-state index in [-0.39, 0.29) is 13.2 Å². The molecule has 0 amide bonds. The third kappa shape index (κ3) is 14.6. The molecular formula is C15H30NO6P. The van der Waals surface area contributed by atoms with Gasteiger partial charge in [-0.25, -0.2) is 4.79 Å². The summed E-state index contributed by atoms with van der Waals surface area (Å²) in [4.78, 5) is 22.6. The normalized spacial score (nSPS) is 14.3. The summed E-state index contributed by atoms with van der Waals surface area (Å²) in [5, 5.41) is 0. The number of phosphoric ester groups is 1. The van der Waals surface area contributed by atoms with Crippen LogP contribution < -0.4 is 4.89 Å². The Hall–Kier alpha value is -0.720. The van der Waals surface area contributed by atoms with Crippen molar-refractivity contribution in [2.45, 2.75) is 32.6 Å². The number of nitrogens with zero attached hydrogens (tertiary/aromatic N) is 1. The van der Waals surface area contributed by atoms with E-state index >= 15 is 0 Å². The highest BCUT2D eigenvalue weighted by atomic mass is 31.2. The molecule has 0 bridgehead atoms. The first-order valence-electron chi connectivity index (χ1n) is 7.77. The zero-order chi connectivity index (χ0) is 17.9. The van der Waals surface area contributed by atoms with Gasteiger partial charge in [0.2, 0.25) is 0 Å².